The molecule has 1 fully saturated rings. The molecule has 3 heterocycles. The lowest BCUT2D eigenvalue weighted by atomic mass is 9.94. The third kappa shape index (κ3) is 3.04. The average Bonchev–Trinajstić information content (AvgIpc) is 3.07. The van der Waals surface area contributed by atoms with Crippen molar-refractivity contribution in [1.82, 2.24) is 23.7 Å². The maximum atomic E-state index is 15.2. The second-order valence-corrected chi connectivity index (χ2v) is 7.96. The highest BCUT2D eigenvalue weighted by Crippen LogP contribution is 2.37. The first kappa shape index (κ1) is 16.9. The van der Waals surface area contributed by atoms with E-state index in [9.17, 15) is 8.42 Å². The predicted molar refractivity (Wildman–Crippen MR) is 83.7 cm³/mol. The van der Waals surface area contributed by atoms with Gasteiger partial charge in [0.1, 0.15) is 0 Å². The molecule has 0 atom stereocenters. The normalized spacial score (nSPS) is 18.8. The summed E-state index contributed by atoms with van der Waals surface area (Å²) < 4.78 is 46.8. The molecule has 0 amide bonds. The number of piperidine rings is 1. The van der Waals surface area contributed by atoms with Crippen LogP contribution in [0.15, 0.2) is 29.0 Å². The largest absolute Gasteiger partial charge is 0.335 e. The summed E-state index contributed by atoms with van der Waals surface area (Å²) in [6.45, 7) is 0.119. The molecule has 0 radical (unpaired) electrons. The van der Waals surface area contributed by atoms with E-state index in [1.165, 1.54) is 18.4 Å². The number of hydrogen-bond donors (Lipinski definition) is 0. The minimum Gasteiger partial charge on any atom is -0.335 e. The standard InChI is InChI=1S/C14H18FN5O3S/c1-19(2)24(21,22)20-9-5-14(15,6-10-20)13-17-12(18-23-13)11-3-7-16-8-4-11/h3-4,7-8H,5-6,9-10H2,1-2H3. The fourth-order valence-electron chi connectivity index (χ4n) is 2.54. The van der Waals surface area contributed by atoms with E-state index in [2.05, 4.69) is 15.1 Å². The number of nitrogens with zero attached hydrogens (tertiary/aromatic N) is 5. The third-order valence-corrected chi connectivity index (χ3v) is 5.99. The molecule has 8 nitrogen and oxygen atoms in total. The van der Waals surface area contributed by atoms with Gasteiger partial charge in [-0.05, 0) is 12.1 Å². The molecule has 130 valence electrons. The molecule has 0 bridgehead atoms. The Morgan fingerprint density at radius 2 is 1.88 bits per heavy atom. The molecule has 1 saturated heterocycles. The molecule has 10 heteroatoms. The summed E-state index contributed by atoms with van der Waals surface area (Å²) in [6.07, 6.45) is 3.11. The van der Waals surface area contributed by atoms with Crippen molar-refractivity contribution in [2.75, 3.05) is 27.2 Å². The Kier molecular flexibility index (Phi) is 4.37. The molecule has 2 aromatic rings. The van der Waals surface area contributed by atoms with Crippen LogP contribution in [0.2, 0.25) is 0 Å². The number of hydrogen-bond acceptors (Lipinski definition) is 6. The molecule has 0 unspecified atom stereocenters. The van der Waals surface area contributed by atoms with Gasteiger partial charge < -0.3 is 4.52 Å². The first-order valence-electron chi connectivity index (χ1n) is 7.44. The quantitative estimate of drug-likeness (QED) is 0.818. The minimum atomic E-state index is -3.54. The van der Waals surface area contributed by atoms with Crippen LogP contribution in [0.1, 0.15) is 18.7 Å². The lowest BCUT2D eigenvalue weighted by molar-refractivity contribution is 0.0499. The average molecular weight is 355 g/mol. The highest BCUT2D eigenvalue weighted by atomic mass is 32.2. The Hall–Kier alpha value is -1.91. The van der Waals surface area contributed by atoms with Gasteiger partial charge in [-0.25, -0.2) is 4.39 Å². The highest BCUT2D eigenvalue weighted by Gasteiger charge is 2.44. The van der Waals surface area contributed by atoms with Gasteiger partial charge in [0.05, 0.1) is 0 Å². The van der Waals surface area contributed by atoms with Crippen molar-refractivity contribution in [1.29, 1.82) is 0 Å². The summed E-state index contributed by atoms with van der Waals surface area (Å²) in [5.74, 6) is 0.170. The van der Waals surface area contributed by atoms with E-state index in [0.29, 0.717) is 5.56 Å². The summed E-state index contributed by atoms with van der Waals surface area (Å²) in [6, 6.07) is 3.40. The van der Waals surface area contributed by atoms with Gasteiger partial charge in [0, 0.05) is 58.0 Å². The Labute approximate surface area is 139 Å². The molecule has 0 spiro atoms. The molecule has 0 N–H and O–H groups in total. The van der Waals surface area contributed by atoms with Crippen molar-refractivity contribution in [3.63, 3.8) is 0 Å². The Balaban J connectivity index is 1.76. The van der Waals surface area contributed by atoms with E-state index >= 15 is 4.39 Å². The second-order valence-electron chi connectivity index (χ2n) is 5.81. The molecule has 3 rings (SSSR count). The zero-order valence-corrected chi connectivity index (χ0v) is 14.2. The van der Waals surface area contributed by atoms with Gasteiger partial charge >= 0.3 is 0 Å². The van der Waals surface area contributed by atoms with E-state index in [0.717, 1.165) is 4.31 Å². The molecule has 1 aliphatic rings. The molecular weight excluding hydrogens is 337 g/mol. The topological polar surface area (TPSA) is 92.4 Å². The smallest absolute Gasteiger partial charge is 0.281 e. The summed E-state index contributed by atoms with van der Waals surface area (Å²) >= 11 is 0. The molecule has 1 aliphatic heterocycles. The van der Waals surface area contributed by atoms with Crippen molar-refractivity contribution in [2.24, 2.45) is 0 Å². The van der Waals surface area contributed by atoms with E-state index in [1.807, 2.05) is 0 Å². The third-order valence-electron chi connectivity index (χ3n) is 4.05. The number of pyridine rings is 1. The van der Waals surface area contributed by atoms with Crippen LogP contribution in [0.4, 0.5) is 4.39 Å². The van der Waals surface area contributed by atoms with Crippen LogP contribution < -0.4 is 0 Å². The zero-order chi connectivity index (χ0) is 17.4. The van der Waals surface area contributed by atoms with Gasteiger partial charge in [-0.1, -0.05) is 5.16 Å². The van der Waals surface area contributed by atoms with Gasteiger partial charge in [0.25, 0.3) is 16.1 Å². The Morgan fingerprint density at radius 3 is 2.46 bits per heavy atom. The first-order chi connectivity index (χ1) is 11.3. The zero-order valence-electron chi connectivity index (χ0n) is 13.4. The summed E-state index contributed by atoms with van der Waals surface area (Å²) in [5, 5.41) is 3.81. The summed E-state index contributed by atoms with van der Waals surface area (Å²) in [7, 11) is -0.644. The number of aromatic nitrogens is 3. The van der Waals surface area contributed by atoms with Crippen LogP contribution in [-0.4, -0.2) is 59.3 Å². The van der Waals surface area contributed by atoms with Gasteiger partial charge in [0.2, 0.25) is 5.82 Å². The van der Waals surface area contributed by atoms with E-state index in [4.69, 9.17) is 4.52 Å². The van der Waals surface area contributed by atoms with Crippen molar-refractivity contribution in [2.45, 2.75) is 18.5 Å². The number of halogens is 1. The predicted octanol–water partition coefficient (Wildman–Crippen LogP) is 1.20. The van der Waals surface area contributed by atoms with Crippen LogP contribution in [0.3, 0.4) is 0 Å². The molecule has 24 heavy (non-hydrogen) atoms. The molecular formula is C14H18FN5O3S. The lowest BCUT2D eigenvalue weighted by Crippen LogP contribution is -2.47. The monoisotopic (exact) mass is 355 g/mol. The number of rotatable bonds is 4. The van der Waals surface area contributed by atoms with E-state index < -0.39 is 15.9 Å². The van der Waals surface area contributed by atoms with Gasteiger partial charge in [-0.2, -0.15) is 22.0 Å². The SMILES string of the molecule is CN(C)S(=O)(=O)N1CCC(F)(c2nc(-c3ccncc3)no2)CC1. The summed E-state index contributed by atoms with van der Waals surface area (Å²) in [4.78, 5) is 8.04. The van der Waals surface area contributed by atoms with Gasteiger partial charge in [-0.3, -0.25) is 4.98 Å². The number of alkyl halides is 1. The van der Waals surface area contributed by atoms with Crippen molar-refractivity contribution >= 4 is 10.2 Å². The Morgan fingerprint density at radius 1 is 1.25 bits per heavy atom. The second kappa shape index (κ2) is 6.19. The minimum absolute atomic E-state index is 0.0297. The molecule has 2 aromatic heterocycles. The lowest BCUT2D eigenvalue weighted by Gasteiger charge is -2.34. The fourth-order valence-corrected chi connectivity index (χ4v) is 3.65. The van der Waals surface area contributed by atoms with Crippen LogP contribution >= 0.6 is 0 Å². The summed E-state index contributed by atoms with van der Waals surface area (Å²) in [5.41, 5.74) is -1.15. The maximum absolute atomic E-state index is 15.2. The fraction of sp³-hybridized carbons (Fsp3) is 0.500. The van der Waals surface area contributed by atoms with Crippen LogP contribution in [0.25, 0.3) is 11.4 Å². The highest BCUT2D eigenvalue weighted by molar-refractivity contribution is 7.86. The molecule has 0 aliphatic carbocycles. The van der Waals surface area contributed by atoms with Crippen LogP contribution in [0.5, 0.6) is 0 Å². The Bertz CT molecular complexity index is 801. The van der Waals surface area contributed by atoms with Gasteiger partial charge in [-0.15, -0.1) is 0 Å². The van der Waals surface area contributed by atoms with E-state index in [-0.39, 0.29) is 37.6 Å². The maximum Gasteiger partial charge on any atom is 0.281 e. The van der Waals surface area contributed by atoms with Crippen LogP contribution in [0, 0.1) is 0 Å². The van der Waals surface area contributed by atoms with Crippen molar-refractivity contribution in [3.8, 4) is 11.4 Å². The molecule has 0 saturated carbocycles. The van der Waals surface area contributed by atoms with Crippen molar-refractivity contribution < 1.29 is 17.3 Å². The van der Waals surface area contributed by atoms with E-state index in [1.54, 1.807) is 24.5 Å². The van der Waals surface area contributed by atoms with Gasteiger partial charge in [0.15, 0.2) is 5.67 Å². The van der Waals surface area contributed by atoms with Crippen molar-refractivity contribution in [3.05, 3.63) is 30.4 Å². The van der Waals surface area contributed by atoms with Crippen LogP contribution in [-0.2, 0) is 15.9 Å². The first-order valence-corrected chi connectivity index (χ1v) is 8.84. The molecule has 0 aromatic carbocycles.